The number of methoxy groups -OCH3 is 1. The van der Waals surface area contributed by atoms with Crippen molar-refractivity contribution in [3.05, 3.63) is 29.3 Å². The third-order valence-corrected chi connectivity index (χ3v) is 4.21. The molecule has 0 saturated carbocycles. The van der Waals surface area contributed by atoms with Gasteiger partial charge in [-0.05, 0) is 24.1 Å². The predicted octanol–water partition coefficient (Wildman–Crippen LogP) is 1.79. The topological polar surface area (TPSA) is 58.6 Å². The standard InChI is InChI=1S/C12H15NO3S/c1-7-3-4-8(5-9(7)16-2)11-13-6-10(17-11)12(14)15/h3-5,10-11,13H,6H2,1-2H3,(H,14,15)/t10-,11+/m0/s1. The van der Waals surface area contributed by atoms with E-state index in [1.165, 1.54) is 11.8 Å². The van der Waals surface area contributed by atoms with Gasteiger partial charge in [0.05, 0.1) is 12.5 Å². The van der Waals surface area contributed by atoms with Gasteiger partial charge in [0.1, 0.15) is 11.0 Å². The van der Waals surface area contributed by atoms with Crippen LogP contribution in [-0.2, 0) is 4.79 Å². The van der Waals surface area contributed by atoms with Crippen LogP contribution in [0.4, 0.5) is 0 Å². The number of aliphatic carboxylic acids is 1. The van der Waals surface area contributed by atoms with Gasteiger partial charge in [-0.1, -0.05) is 12.1 Å². The van der Waals surface area contributed by atoms with Crippen molar-refractivity contribution in [3.8, 4) is 5.75 Å². The number of rotatable bonds is 3. The second-order valence-electron chi connectivity index (χ2n) is 3.98. The van der Waals surface area contributed by atoms with E-state index in [-0.39, 0.29) is 10.6 Å². The lowest BCUT2D eigenvalue weighted by Crippen LogP contribution is -2.21. The summed E-state index contributed by atoms with van der Waals surface area (Å²) in [7, 11) is 1.64. The van der Waals surface area contributed by atoms with Crippen molar-refractivity contribution < 1.29 is 14.6 Å². The lowest BCUT2D eigenvalue weighted by molar-refractivity contribution is -0.136. The first-order chi connectivity index (χ1) is 8.11. The Kier molecular flexibility index (Phi) is 3.59. The average molecular weight is 253 g/mol. The molecule has 0 bridgehead atoms. The monoisotopic (exact) mass is 253 g/mol. The molecule has 0 unspecified atom stereocenters. The Bertz CT molecular complexity index is 436. The van der Waals surface area contributed by atoms with Crippen LogP contribution in [0.5, 0.6) is 5.75 Å². The molecule has 0 amide bonds. The van der Waals surface area contributed by atoms with Gasteiger partial charge < -0.3 is 9.84 Å². The second kappa shape index (κ2) is 4.98. The van der Waals surface area contributed by atoms with Gasteiger partial charge >= 0.3 is 5.97 Å². The highest BCUT2D eigenvalue weighted by molar-refractivity contribution is 8.01. The summed E-state index contributed by atoms with van der Waals surface area (Å²) in [6.45, 7) is 2.48. The first-order valence-corrected chi connectivity index (χ1v) is 6.32. The fourth-order valence-electron chi connectivity index (χ4n) is 1.82. The summed E-state index contributed by atoms with van der Waals surface area (Å²) in [5.74, 6) is 0.0766. The molecule has 1 aromatic carbocycles. The van der Waals surface area contributed by atoms with E-state index in [2.05, 4.69) is 5.32 Å². The van der Waals surface area contributed by atoms with Gasteiger partial charge in [-0.2, -0.15) is 0 Å². The molecule has 1 fully saturated rings. The molecular formula is C12H15NO3S. The summed E-state index contributed by atoms with van der Waals surface area (Å²) in [6.07, 6.45) is 0. The number of carbonyl (C=O) groups is 1. The van der Waals surface area contributed by atoms with Crippen LogP contribution in [-0.4, -0.2) is 30.0 Å². The molecule has 1 aliphatic rings. The maximum Gasteiger partial charge on any atom is 0.318 e. The van der Waals surface area contributed by atoms with Crippen molar-refractivity contribution in [2.45, 2.75) is 17.5 Å². The molecular weight excluding hydrogens is 238 g/mol. The Morgan fingerprint density at radius 3 is 2.94 bits per heavy atom. The van der Waals surface area contributed by atoms with E-state index < -0.39 is 5.97 Å². The van der Waals surface area contributed by atoms with Crippen molar-refractivity contribution in [1.29, 1.82) is 0 Å². The molecule has 2 atom stereocenters. The van der Waals surface area contributed by atoms with E-state index in [1.807, 2.05) is 25.1 Å². The van der Waals surface area contributed by atoms with Gasteiger partial charge in [0.2, 0.25) is 0 Å². The van der Waals surface area contributed by atoms with Gasteiger partial charge in [-0.3, -0.25) is 10.1 Å². The van der Waals surface area contributed by atoms with E-state index in [0.29, 0.717) is 6.54 Å². The smallest absolute Gasteiger partial charge is 0.318 e. The predicted molar refractivity (Wildman–Crippen MR) is 67.5 cm³/mol. The van der Waals surface area contributed by atoms with Crippen molar-refractivity contribution in [2.24, 2.45) is 0 Å². The Morgan fingerprint density at radius 1 is 1.59 bits per heavy atom. The number of aryl methyl sites for hydroxylation is 1. The molecule has 17 heavy (non-hydrogen) atoms. The quantitative estimate of drug-likeness (QED) is 0.860. The number of carboxylic acids is 1. The van der Waals surface area contributed by atoms with E-state index in [9.17, 15) is 4.79 Å². The maximum absolute atomic E-state index is 10.9. The summed E-state index contributed by atoms with van der Waals surface area (Å²) in [5, 5.41) is 11.8. The minimum Gasteiger partial charge on any atom is -0.496 e. The number of hydrogen-bond donors (Lipinski definition) is 2. The van der Waals surface area contributed by atoms with Crippen LogP contribution in [0.1, 0.15) is 16.5 Å². The molecule has 1 aliphatic heterocycles. The Morgan fingerprint density at radius 2 is 2.35 bits per heavy atom. The number of carboxylic acid groups (broad SMARTS) is 1. The number of benzene rings is 1. The zero-order valence-electron chi connectivity index (χ0n) is 9.77. The molecule has 1 aromatic rings. The summed E-state index contributed by atoms with van der Waals surface area (Å²) in [6, 6.07) is 5.96. The lowest BCUT2D eigenvalue weighted by atomic mass is 10.1. The Balaban J connectivity index is 2.16. The number of hydrogen-bond acceptors (Lipinski definition) is 4. The van der Waals surface area contributed by atoms with Crippen LogP contribution in [0.15, 0.2) is 18.2 Å². The fourth-order valence-corrected chi connectivity index (χ4v) is 2.95. The van der Waals surface area contributed by atoms with Gasteiger partial charge in [0.15, 0.2) is 0 Å². The minimum atomic E-state index is -0.760. The summed E-state index contributed by atoms with van der Waals surface area (Å²) < 4.78 is 5.27. The van der Waals surface area contributed by atoms with Crippen molar-refractivity contribution in [2.75, 3.05) is 13.7 Å². The maximum atomic E-state index is 10.9. The number of nitrogens with one attached hydrogen (secondary N) is 1. The summed E-state index contributed by atoms with van der Waals surface area (Å²) in [5.41, 5.74) is 2.13. The second-order valence-corrected chi connectivity index (χ2v) is 5.29. The zero-order chi connectivity index (χ0) is 12.4. The minimum absolute atomic E-state index is 0.0330. The number of ether oxygens (including phenoxy) is 1. The SMILES string of the molecule is COc1cc([C@@H]2NC[C@@H](C(=O)O)S2)ccc1C. The summed E-state index contributed by atoms with van der Waals surface area (Å²) >= 11 is 1.43. The molecule has 0 aromatic heterocycles. The molecule has 0 aliphatic carbocycles. The van der Waals surface area contributed by atoms with Crippen molar-refractivity contribution >= 4 is 17.7 Å². The largest absolute Gasteiger partial charge is 0.496 e. The van der Waals surface area contributed by atoms with Crippen LogP contribution in [0.25, 0.3) is 0 Å². The van der Waals surface area contributed by atoms with E-state index in [0.717, 1.165) is 16.9 Å². The molecule has 5 heteroatoms. The highest BCUT2D eigenvalue weighted by Crippen LogP contribution is 2.36. The summed E-state index contributed by atoms with van der Waals surface area (Å²) in [4.78, 5) is 10.9. The highest BCUT2D eigenvalue weighted by atomic mass is 32.2. The average Bonchev–Trinajstić information content (AvgIpc) is 2.79. The third kappa shape index (κ3) is 2.56. The lowest BCUT2D eigenvalue weighted by Gasteiger charge is -2.13. The fraction of sp³-hybridized carbons (Fsp3) is 0.417. The zero-order valence-corrected chi connectivity index (χ0v) is 10.6. The first kappa shape index (κ1) is 12.3. The molecule has 2 N–H and O–H groups in total. The number of thioether (sulfide) groups is 1. The van der Waals surface area contributed by atoms with Crippen molar-refractivity contribution in [1.82, 2.24) is 5.32 Å². The normalized spacial score (nSPS) is 23.6. The molecule has 1 heterocycles. The van der Waals surface area contributed by atoms with Gasteiger partial charge in [0.25, 0.3) is 0 Å². The van der Waals surface area contributed by atoms with Crippen molar-refractivity contribution in [3.63, 3.8) is 0 Å². The van der Waals surface area contributed by atoms with Crippen LogP contribution in [0.2, 0.25) is 0 Å². The molecule has 4 nitrogen and oxygen atoms in total. The van der Waals surface area contributed by atoms with E-state index in [4.69, 9.17) is 9.84 Å². The van der Waals surface area contributed by atoms with Crippen LogP contribution in [0.3, 0.4) is 0 Å². The van der Waals surface area contributed by atoms with Gasteiger partial charge in [-0.25, -0.2) is 0 Å². The van der Waals surface area contributed by atoms with Crippen LogP contribution >= 0.6 is 11.8 Å². The molecule has 2 rings (SSSR count). The van der Waals surface area contributed by atoms with Crippen LogP contribution in [0, 0.1) is 6.92 Å². The Labute approximate surface area is 104 Å². The molecule has 0 spiro atoms. The Hall–Kier alpha value is -1.20. The van der Waals surface area contributed by atoms with E-state index in [1.54, 1.807) is 7.11 Å². The van der Waals surface area contributed by atoms with Gasteiger partial charge in [-0.15, -0.1) is 11.8 Å². The highest BCUT2D eigenvalue weighted by Gasteiger charge is 2.30. The molecule has 0 radical (unpaired) electrons. The van der Waals surface area contributed by atoms with Gasteiger partial charge in [0, 0.05) is 6.54 Å². The first-order valence-electron chi connectivity index (χ1n) is 5.38. The molecule has 1 saturated heterocycles. The molecule has 92 valence electrons. The third-order valence-electron chi connectivity index (χ3n) is 2.80. The van der Waals surface area contributed by atoms with E-state index >= 15 is 0 Å². The van der Waals surface area contributed by atoms with Crippen LogP contribution < -0.4 is 10.1 Å².